The van der Waals surface area contributed by atoms with Crippen LogP contribution in [0, 0.1) is 12.7 Å². The lowest BCUT2D eigenvalue weighted by Gasteiger charge is -2.24. The number of aromatic nitrogens is 1. The van der Waals surface area contributed by atoms with E-state index in [4.69, 9.17) is 4.98 Å². The molecule has 1 aromatic heterocycles. The molecule has 4 nitrogen and oxygen atoms in total. The number of hydrogen-bond donors (Lipinski definition) is 2. The number of carbonyl (C=O) groups is 1. The number of benzene rings is 1. The summed E-state index contributed by atoms with van der Waals surface area (Å²) in [6, 6.07) is 6.90. The Morgan fingerprint density at radius 2 is 2.07 bits per heavy atom. The molecule has 0 bridgehead atoms. The highest BCUT2D eigenvalue weighted by atomic mass is 19.1. The molecule has 2 heterocycles. The zero-order valence-electron chi connectivity index (χ0n) is 16.4. The predicted molar refractivity (Wildman–Crippen MR) is 106 cm³/mol. The maximum Gasteiger partial charge on any atom is 0.207 e. The number of aryl methyl sites for hydroxylation is 1. The SMILES string of the molecule is Cc1cc(-c2nc(C(CNC=O)C3(F)CC3)cc3c2NCC3(C)C)ccc1F. The first-order chi connectivity index (χ1) is 13.2. The fraction of sp³-hybridized carbons (Fsp3) is 0.455. The van der Waals surface area contributed by atoms with E-state index in [9.17, 15) is 9.18 Å². The molecule has 4 rings (SSSR count). The van der Waals surface area contributed by atoms with Crippen LogP contribution in [0.2, 0.25) is 0 Å². The van der Waals surface area contributed by atoms with Crippen LogP contribution in [0.25, 0.3) is 11.3 Å². The minimum atomic E-state index is -1.33. The monoisotopic (exact) mass is 385 g/mol. The van der Waals surface area contributed by atoms with Crippen molar-refractivity contribution in [2.24, 2.45) is 0 Å². The van der Waals surface area contributed by atoms with E-state index >= 15 is 4.39 Å². The number of alkyl halides is 1. The van der Waals surface area contributed by atoms with Gasteiger partial charge in [0.25, 0.3) is 0 Å². The minimum Gasteiger partial charge on any atom is -0.382 e. The lowest BCUT2D eigenvalue weighted by molar-refractivity contribution is -0.109. The van der Waals surface area contributed by atoms with E-state index in [1.165, 1.54) is 6.07 Å². The third-order valence-electron chi connectivity index (χ3n) is 6.02. The number of carbonyl (C=O) groups excluding carboxylic acids is 1. The molecule has 0 spiro atoms. The highest BCUT2D eigenvalue weighted by Crippen LogP contribution is 2.52. The largest absolute Gasteiger partial charge is 0.382 e. The number of amides is 1. The maximum atomic E-state index is 15.1. The fourth-order valence-corrected chi connectivity index (χ4v) is 4.05. The van der Waals surface area contributed by atoms with E-state index in [1.54, 1.807) is 19.1 Å². The fourth-order valence-electron chi connectivity index (χ4n) is 4.05. The van der Waals surface area contributed by atoms with Gasteiger partial charge >= 0.3 is 0 Å². The lowest BCUT2D eigenvalue weighted by Crippen LogP contribution is -2.29. The van der Waals surface area contributed by atoms with Crippen LogP contribution >= 0.6 is 0 Å². The van der Waals surface area contributed by atoms with Crippen molar-refractivity contribution < 1.29 is 13.6 Å². The van der Waals surface area contributed by atoms with E-state index in [0.717, 1.165) is 23.4 Å². The topological polar surface area (TPSA) is 54.0 Å². The van der Waals surface area contributed by atoms with Crippen LogP contribution in [0.5, 0.6) is 0 Å². The molecule has 1 amide bonds. The van der Waals surface area contributed by atoms with E-state index in [-0.39, 0.29) is 17.8 Å². The van der Waals surface area contributed by atoms with Crippen LogP contribution in [0.1, 0.15) is 49.4 Å². The molecule has 1 saturated carbocycles. The number of anilines is 1. The average molecular weight is 385 g/mol. The Morgan fingerprint density at radius 1 is 1.32 bits per heavy atom. The second-order valence-electron chi connectivity index (χ2n) is 8.63. The van der Waals surface area contributed by atoms with E-state index in [0.29, 0.717) is 36.2 Å². The molecule has 1 atom stereocenters. The first-order valence-corrected chi connectivity index (χ1v) is 9.67. The van der Waals surface area contributed by atoms with Gasteiger partial charge in [-0.25, -0.2) is 8.78 Å². The van der Waals surface area contributed by atoms with Gasteiger partial charge in [0.05, 0.1) is 17.3 Å². The first-order valence-electron chi connectivity index (χ1n) is 9.67. The molecule has 6 heteroatoms. The van der Waals surface area contributed by atoms with Crippen molar-refractivity contribution in [2.75, 3.05) is 18.4 Å². The number of nitrogens with zero attached hydrogens (tertiary/aromatic N) is 1. The molecule has 0 saturated heterocycles. The van der Waals surface area contributed by atoms with Crippen molar-refractivity contribution in [3.05, 3.63) is 46.9 Å². The summed E-state index contributed by atoms with van der Waals surface area (Å²) < 4.78 is 28.9. The van der Waals surface area contributed by atoms with Crippen LogP contribution < -0.4 is 10.6 Å². The van der Waals surface area contributed by atoms with Gasteiger partial charge in [-0.2, -0.15) is 0 Å². The van der Waals surface area contributed by atoms with Gasteiger partial charge in [-0.05, 0) is 55.2 Å². The van der Waals surface area contributed by atoms with Crippen molar-refractivity contribution >= 4 is 12.1 Å². The number of nitrogens with one attached hydrogen (secondary N) is 2. The summed E-state index contributed by atoms with van der Waals surface area (Å²) >= 11 is 0. The summed E-state index contributed by atoms with van der Waals surface area (Å²) in [5.41, 5.74) is 3.23. The number of pyridine rings is 1. The van der Waals surface area contributed by atoms with Gasteiger partial charge in [-0.1, -0.05) is 13.8 Å². The summed E-state index contributed by atoms with van der Waals surface area (Å²) in [4.78, 5) is 15.7. The van der Waals surface area contributed by atoms with Crippen LogP contribution in [0.15, 0.2) is 24.3 Å². The zero-order chi connectivity index (χ0) is 20.1. The van der Waals surface area contributed by atoms with Crippen molar-refractivity contribution in [2.45, 2.75) is 50.6 Å². The maximum absolute atomic E-state index is 15.1. The average Bonchev–Trinajstić information content (AvgIpc) is 3.32. The van der Waals surface area contributed by atoms with Crippen molar-refractivity contribution in [3.8, 4) is 11.3 Å². The van der Waals surface area contributed by atoms with E-state index in [2.05, 4.69) is 24.5 Å². The molecule has 1 unspecified atom stereocenters. The van der Waals surface area contributed by atoms with Gasteiger partial charge < -0.3 is 10.6 Å². The highest BCUT2D eigenvalue weighted by Gasteiger charge is 2.52. The van der Waals surface area contributed by atoms with E-state index < -0.39 is 11.6 Å². The second-order valence-corrected chi connectivity index (χ2v) is 8.63. The van der Waals surface area contributed by atoms with Crippen molar-refractivity contribution in [1.29, 1.82) is 0 Å². The van der Waals surface area contributed by atoms with Crippen LogP contribution in [0.3, 0.4) is 0 Å². The molecular formula is C22H25F2N3O. The standard InChI is InChI=1S/C22H25F2N3O/c1-13-8-14(4-5-17(13)23)19-20-15(21(2,3)11-26-20)9-18(27-19)16(10-25-12-28)22(24)6-7-22/h4-5,8-9,12,16,26H,6-7,10-11H2,1-3H3,(H,25,28). The van der Waals surface area contributed by atoms with Crippen molar-refractivity contribution in [1.82, 2.24) is 10.3 Å². The quantitative estimate of drug-likeness (QED) is 0.732. The number of halogens is 2. The molecule has 1 aliphatic heterocycles. The Balaban J connectivity index is 1.88. The molecule has 1 aromatic carbocycles. The number of fused-ring (bicyclic) bond motifs is 1. The number of rotatable bonds is 6. The highest BCUT2D eigenvalue weighted by molar-refractivity contribution is 5.80. The Labute approximate surface area is 163 Å². The van der Waals surface area contributed by atoms with Gasteiger partial charge in [-0.3, -0.25) is 9.78 Å². The van der Waals surface area contributed by atoms with Crippen LogP contribution in [-0.4, -0.2) is 30.2 Å². The molecule has 28 heavy (non-hydrogen) atoms. The Morgan fingerprint density at radius 3 is 2.71 bits per heavy atom. The Hall–Kier alpha value is -2.50. The molecule has 2 aromatic rings. The van der Waals surface area contributed by atoms with E-state index in [1.807, 2.05) is 6.07 Å². The Kier molecular flexibility index (Phi) is 4.40. The Bertz CT molecular complexity index is 938. The summed E-state index contributed by atoms with van der Waals surface area (Å²) in [5.74, 6) is -0.765. The third-order valence-corrected chi connectivity index (χ3v) is 6.02. The minimum absolute atomic E-state index is 0.132. The molecule has 2 N–H and O–H groups in total. The smallest absolute Gasteiger partial charge is 0.207 e. The number of hydrogen-bond acceptors (Lipinski definition) is 3. The molecule has 1 fully saturated rings. The predicted octanol–water partition coefficient (Wildman–Crippen LogP) is 4.23. The summed E-state index contributed by atoms with van der Waals surface area (Å²) in [7, 11) is 0. The molecule has 2 aliphatic rings. The second kappa shape index (κ2) is 6.54. The summed E-state index contributed by atoms with van der Waals surface area (Å²) in [5, 5.41) is 6.07. The molecule has 1 aliphatic carbocycles. The molecule has 0 radical (unpaired) electrons. The van der Waals surface area contributed by atoms with Gasteiger partial charge in [0.15, 0.2) is 0 Å². The normalized spacial score (nSPS) is 19.5. The van der Waals surface area contributed by atoms with Gasteiger partial charge in [0, 0.05) is 29.8 Å². The summed E-state index contributed by atoms with van der Waals surface area (Å²) in [6.07, 6.45) is 1.55. The van der Waals surface area contributed by atoms with Crippen molar-refractivity contribution in [3.63, 3.8) is 0 Å². The van der Waals surface area contributed by atoms with Crippen LogP contribution in [-0.2, 0) is 10.2 Å². The van der Waals surface area contributed by atoms with Gasteiger partial charge in [0.2, 0.25) is 6.41 Å². The van der Waals surface area contributed by atoms with Gasteiger partial charge in [0.1, 0.15) is 11.5 Å². The molecule has 148 valence electrons. The first kappa shape index (κ1) is 18.8. The summed E-state index contributed by atoms with van der Waals surface area (Å²) in [6.45, 7) is 6.95. The third kappa shape index (κ3) is 3.15. The zero-order valence-corrected chi connectivity index (χ0v) is 16.4. The van der Waals surface area contributed by atoms with Crippen LogP contribution in [0.4, 0.5) is 14.5 Å². The van der Waals surface area contributed by atoms with Gasteiger partial charge in [-0.15, -0.1) is 0 Å². The lowest BCUT2D eigenvalue weighted by atomic mass is 9.84. The molecular weight excluding hydrogens is 360 g/mol.